The van der Waals surface area contributed by atoms with Crippen molar-refractivity contribution in [2.24, 2.45) is 0 Å². The number of benzene rings is 2. The summed E-state index contributed by atoms with van der Waals surface area (Å²) in [4.78, 5) is 38.4. The highest BCUT2D eigenvalue weighted by molar-refractivity contribution is 6.32. The Hall–Kier alpha value is -3.38. The van der Waals surface area contributed by atoms with Crippen molar-refractivity contribution in [3.63, 3.8) is 0 Å². The van der Waals surface area contributed by atoms with E-state index in [1.54, 1.807) is 12.1 Å². The van der Waals surface area contributed by atoms with E-state index in [1.165, 1.54) is 0 Å². The number of ether oxygens (including phenoxy) is 1. The van der Waals surface area contributed by atoms with Crippen LogP contribution in [0.3, 0.4) is 0 Å². The zero-order chi connectivity index (χ0) is 25.4. The lowest BCUT2D eigenvalue weighted by Gasteiger charge is -2.37. The maximum atomic E-state index is 13.0. The van der Waals surface area contributed by atoms with Gasteiger partial charge in [-0.25, -0.2) is 0 Å². The molecule has 0 atom stereocenters. The van der Waals surface area contributed by atoms with Crippen LogP contribution < -0.4 is 15.4 Å². The predicted octanol–water partition coefficient (Wildman–Crippen LogP) is 5.68. The first kappa shape index (κ1) is 24.3. The molecule has 36 heavy (non-hydrogen) atoms. The van der Waals surface area contributed by atoms with Crippen LogP contribution in [0, 0.1) is 13.8 Å². The number of dihydropyridines is 1. The SMILES string of the molecule is Cc1ccc(NC(=O)COc2ccc(C3C4=C(CCCC4=O)NC4=C3C(=O)CCC4)cc2Cl)cc1C. The third-order valence-electron chi connectivity index (χ3n) is 7.23. The van der Waals surface area contributed by atoms with E-state index in [4.69, 9.17) is 16.3 Å². The standard InChI is InChI=1S/C29H29ClN2O4/c1-16-9-11-19(13-17(16)2)31-26(35)15-36-25-12-10-18(14-20(25)30)27-28-21(5-3-7-23(28)33)32-22-6-4-8-24(34)29(22)27/h9-14,27,32H,3-8,15H2,1-2H3,(H,31,35). The molecule has 186 valence electrons. The topological polar surface area (TPSA) is 84.5 Å². The van der Waals surface area contributed by atoms with E-state index in [-0.39, 0.29) is 24.1 Å². The maximum absolute atomic E-state index is 13.0. The summed E-state index contributed by atoms with van der Waals surface area (Å²) in [5, 5.41) is 6.59. The normalized spacial score (nSPS) is 18.0. The van der Waals surface area contributed by atoms with Gasteiger partial charge in [-0.2, -0.15) is 0 Å². The highest BCUT2D eigenvalue weighted by Crippen LogP contribution is 2.46. The van der Waals surface area contributed by atoms with Gasteiger partial charge in [0, 0.05) is 47.0 Å². The summed E-state index contributed by atoms with van der Waals surface area (Å²) >= 11 is 6.58. The van der Waals surface area contributed by atoms with Gasteiger partial charge < -0.3 is 15.4 Å². The summed E-state index contributed by atoms with van der Waals surface area (Å²) in [6.45, 7) is 3.81. The Bertz CT molecular complexity index is 1300. The van der Waals surface area contributed by atoms with E-state index < -0.39 is 5.92 Å². The van der Waals surface area contributed by atoms with Crippen LogP contribution in [-0.2, 0) is 14.4 Å². The molecule has 7 heteroatoms. The number of Topliss-reactive ketones (excluding diaryl/α,β-unsaturated/α-hetero) is 2. The number of hydrogen-bond acceptors (Lipinski definition) is 5. The number of amides is 1. The first-order chi connectivity index (χ1) is 17.3. The van der Waals surface area contributed by atoms with Gasteiger partial charge in [0.15, 0.2) is 18.2 Å². The number of aryl methyl sites for hydroxylation is 2. The molecule has 0 fully saturated rings. The Morgan fingerprint density at radius 3 is 2.22 bits per heavy atom. The molecular weight excluding hydrogens is 476 g/mol. The third-order valence-corrected chi connectivity index (χ3v) is 7.53. The number of anilines is 1. The number of allylic oxidation sites excluding steroid dienone is 4. The van der Waals surface area contributed by atoms with Crippen molar-refractivity contribution in [1.29, 1.82) is 0 Å². The van der Waals surface area contributed by atoms with Crippen LogP contribution in [0.5, 0.6) is 5.75 Å². The van der Waals surface area contributed by atoms with Crippen molar-refractivity contribution < 1.29 is 19.1 Å². The number of rotatable bonds is 5. The Kier molecular flexibility index (Phi) is 6.71. The van der Waals surface area contributed by atoms with Crippen LogP contribution in [0.2, 0.25) is 5.02 Å². The fourth-order valence-electron chi connectivity index (χ4n) is 5.29. The number of carbonyl (C=O) groups excluding carboxylic acids is 3. The van der Waals surface area contributed by atoms with Crippen LogP contribution in [0.25, 0.3) is 0 Å². The monoisotopic (exact) mass is 504 g/mol. The van der Waals surface area contributed by atoms with Gasteiger partial charge in [0.2, 0.25) is 0 Å². The summed E-state index contributed by atoms with van der Waals surface area (Å²) in [5.74, 6) is -0.173. The van der Waals surface area contributed by atoms with E-state index >= 15 is 0 Å². The van der Waals surface area contributed by atoms with E-state index in [2.05, 4.69) is 10.6 Å². The van der Waals surface area contributed by atoms with Gasteiger partial charge in [0.25, 0.3) is 5.91 Å². The summed E-state index contributed by atoms with van der Waals surface area (Å²) in [5.41, 5.74) is 6.99. The van der Waals surface area contributed by atoms with Gasteiger partial charge in [-0.3, -0.25) is 14.4 Å². The average molecular weight is 505 g/mol. The van der Waals surface area contributed by atoms with Crippen LogP contribution in [0.4, 0.5) is 5.69 Å². The molecule has 0 radical (unpaired) electrons. The Labute approximate surface area is 215 Å². The summed E-state index contributed by atoms with van der Waals surface area (Å²) in [6, 6.07) is 11.0. The molecule has 3 aliphatic rings. The molecule has 1 amide bonds. The number of hydrogen-bond donors (Lipinski definition) is 2. The highest BCUT2D eigenvalue weighted by Gasteiger charge is 2.40. The number of halogens is 1. The van der Waals surface area contributed by atoms with Crippen LogP contribution in [0.15, 0.2) is 58.9 Å². The molecule has 2 aliphatic carbocycles. The van der Waals surface area contributed by atoms with Crippen LogP contribution >= 0.6 is 11.6 Å². The first-order valence-electron chi connectivity index (χ1n) is 12.4. The number of ketones is 2. The summed E-state index contributed by atoms with van der Waals surface area (Å²) in [7, 11) is 0. The van der Waals surface area contributed by atoms with Crippen molar-refractivity contribution in [2.75, 3.05) is 11.9 Å². The molecule has 1 aliphatic heterocycles. The highest BCUT2D eigenvalue weighted by atomic mass is 35.5. The minimum Gasteiger partial charge on any atom is -0.482 e. The van der Waals surface area contributed by atoms with Gasteiger partial charge in [-0.15, -0.1) is 0 Å². The van der Waals surface area contributed by atoms with Crippen molar-refractivity contribution >= 4 is 34.8 Å². The van der Waals surface area contributed by atoms with Crippen LogP contribution in [0.1, 0.15) is 61.1 Å². The van der Waals surface area contributed by atoms with Gasteiger partial charge in [0.05, 0.1) is 5.02 Å². The molecule has 2 N–H and O–H groups in total. The quantitative estimate of drug-likeness (QED) is 0.547. The molecule has 2 aromatic carbocycles. The second kappa shape index (κ2) is 9.94. The predicted molar refractivity (Wildman–Crippen MR) is 139 cm³/mol. The number of nitrogens with one attached hydrogen (secondary N) is 2. The van der Waals surface area contributed by atoms with Crippen molar-refractivity contribution in [2.45, 2.75) is 58.3 Å². The van der Waals surface area contributed by atoms with Gasteiger partial charge >= 0.3 is 0 Å². The van der Waals surface area contributed by atoms with E-state index in [0.717, 1.165) is 53.8 Å². The van der Waals surface area contributed by atoms with Gasteiger partial charge in [-0.1, -0.05) is 23.7 Å². The van der Waals surface area contributed by atoms with Crippen molar-refractivity contribution in [3.8, 4) is 5.75 Å². The first-order valence-corrected chi connectivity index (χ1v) is 12.8. The molecule has 0 saturated heterocycles. The molecule has 0 aromatic heterocycles. The fourth-order valence-corrected chi connectivity index (χ4v) is 5.53. The molecule has 1 heterocycles. The minimum atomic E-state index is -0.420. The molecule has 5 rings (SSSR count). The third kappa shape index (κ3) is 4.70. The average Bonchev–Trinajstić information content (AvgIpc) is 2.85. The summed E-state index contributed by atoms with van der Waals surface area (Å²) < 4.78 is 5.71. The summed E-state index contributed by atoms with van der Waals surface area (Å²) in [6.07, 6.45) is 4.19. The van der Waals surface area contributed by atoms with Crippen molar-refractivity contribution in [1.82, 2.24) is 5.32 Å². The molecular formula is C29H29ClN2O4. The molecule has 0 spiro atoms. The largest absolute Gasteiger partial charge is 0.482 e. The molecule has 0 unspecified atom stereocenters. The zero-order valence-electron chi connectivity index (χ0n) is 20.5. The van der Waals surface area contributed by atoms with E-state index in [1.807, 2.05) is 38.1 Å². The lowest BCUT2D eigenvalue weighted by atomic mass is 9.71. The lowest BCUT2D eigenvalue weighted by molar-refractivity contribution is -0.118. The second-order valence-electron chi connectivity index (χ2n) is 9.72. The minimum absolute atomic E-state index is 0.0816. The van der Waals surface area contributed by atoms with Crippen molar-refractivity contribution in [3.05, 3.63) is 80.7 Å². The smallest absolute Gasteiger partial charge is 0.262 e. The zero-order valence-corrected chi connectivity index (χ0v) is 21.3. The Balaban J connectivity index is 1.37. The lowest BCUT2D eigenvalue weighted by Crippen LogP contribution is -2.36. The molecule has 0 saturated carbocycles. The van der Waals surface area contributed by atoms with Crippen LogP contribution in [-0.4, -0.2) is 24.1 Å². The Morgan fingerprint density at radius 1 is 0.944 bits per heavy atom. The Morgan fingerprint density at radius 2 is 1.61 bits per heavy atom. The van der Waals surface area contributed by atoms with Gasteiger partial charge in [0.1, 0.15) is 5.75 Å². The number of carbonyl (C=O) groups is 3. The fraction of sp³-hybridized carbons (Fsp3) is 0.345. The second-order valence-corrected chi connectivity index (χ2v) is 10.1. The molecule has 6 nitrogen and oxygen atoms in total. The maximum Gasteiger partial charge on any atom is 0.262 e. The molecule has 2 aromatic rings. The van der Waals surface area contributed by atoms with Gasteiger partial charge in [-0.05, 0) is 80.5 Å². The van der Waals surface area contributed by atoms with E-state index in [0.29, 0.717) is 40.4 Å². The van der Waals surface area contributed by atoms with E-state index in [9.17, 15) is 14.4 Å². The molecule has 0 bridgehead atoms.